The second kappa shape index (κ2) is 9.69. The highest BCUT2D eigenvalue weighted by Gasteiger charge is 2.17. The number of aliphatic imine (C=N–C) groups is 1. The first-order chi connectivity index (χ1) is 10.6. The lowest BCUT2D eigenvalue weighted by molar-refractivity contribution is 0.295. The third-order valence-electron chi connectivity index (χ3n) is 3.25. The maximum absolute atomic E-state index is 5.46. The number of guanidine groups is 1. The van der Waals surface area contributed by atoms with Gasteiger partial charge in [-0.25, -0.2) is 0 Å². The van der Waals surface area contributed by atoms with Crippen LogP contribution in [-0.2, 0) is 0 Å². The predicted octanol–water partition coefficient (Wildman–Crippen LogP) is 1.49. The Kier molecular flexibility index (Phi) is 7.87. The lowest BCUT2D eigenvalue weighted by atomic mass is 10.0. The molecule has 0 bridgehead atoms. The van der Waals surface area contributed by atoms with Crippen LogP contribution in [-0.4, -0.2) is 51.7 Å². The van der Waals surface area contributed by atoms with Crippen LogP contribution in [0.2, 0.25) is 0 Å². The second-order valence-electron chi connectivity index (χ2n) is 5.00. The predicted molar refractivity (Wildman–Crippen MR) is 92.2 cm³/mol. The van der Waals surface area contributed by atoms with Crippen molar-refractivity contribution in [3.8, 4) is 18.1 Å². The Morgan fingerprint density at radius 2 is 2.09 bits per heavy atom. The summed E-state index contributed by atoms with van der Waals surface area (Å²) in [5.74, 6) is 4.15. The first kappa shape index (κ1) is 17.9. The summed E-state index contributed by atoms with van der Waals surface area (Å²) in [6.45, 7) is 3.87. The number of nitrogens with one attached hydrogen (secondary N) is 2. The molecule has 0 amide bonds. The van der Waals surface area contributed by atoms with E-state index in [1.54, 1.807) is 7.11 Å². The van der Waals surface area contributed by atoms with Crippen molar-refractivity contribution in [1.29, 1.82) is 0 Å². The van der Waals surface area contributed by atoms with Gasteiger partial charge in [-0.05, 0) is 27.1 Å². The third-order valence-corrected chi connectivity index (χ3v) is 3.25. The van der Waals surface area contributed by atoms with E-state index >= 15 is 0 Å². The molecule has 22 heavy (non-hydrogen) atoms. The van der Waals surface area contributed by atoms with Crippen molar-refractivity contribution in [2.45, 2.75) is 13.0 Å². The summed E-state index contributed by atoms with van der Waals surface area (Å²) >= 11 is 0. The van der Waals surface area contributed by atoms with E-state index in [9.17, 15) is 0 Å². The van der Waals surface area contributed by atoms with Crippen LogP contribution in [0.5, 0.6) is 5.75 Å². The highest BCUT2D eigenvalue weighted by atomic mass is 16.5. The molecule has 0 spiro atoms. The molecular formula is C17H26N4O. The van der Waals surface area contributed by atoms with Gasteiger partial charge in [0.05, 0.1) is 26.2 Å². The summed E-state index contributed by atoms with van der Waals surface area (Å²) in [6.07, 6.45) is 5.29. The maximum Gasteiger partial charge on any atom is 0.192 e. The Hall–Kier alpha value is -2.19. The fraction of sp³-hybridized carbons (Fsp3) is 0.471. The van der Waals surface area contributed by atoms with E-state index in [1.165, 1.54) is 0 Å². The molecule has 1 atom stereocenters. The van der Waals surface area contributed by atoms with Crippen molar-refractivity contribution < 1.29 is 4.74 Å². The van der Waals surface area contributed by atoms with Crippen LogP contribution in [0.1, 0.15) is 18.5 Å². The van der Waals surface area contributed by atoms with E-state index in [4.69, 9.17) is 11.2 Å². The number of hydrogen-bond donors (Lipinski definition) is 2. The number of methoxy groups -OCH3 is 1. The fourth-order valence-electron chi connectivity index (χ4n) is 2.14. The molecule has 0 heterocycles. The molecule has 5 nitrogen and oxygen atoms in total. The summed E-state index contributed by atoms with van der Waals surface area (Å²) in [5, 5.41) is 6.28. The van der Waals surface area contributed by atoms with Crippen molar-refractivity contribution in [1.82, 2.24) is 15.5 Å². The minimum atomic E-state index is 0.123. The minimum absolute atomic E-state index is 0.123. The Morgan fingerprint density at radius 1 is 1.36 bits per heavy atom. The highest BCUT2D eigenvalue weighted by Crippen LogP contribution is 2.27. The first-order valence-electron chi connectivity index (χ1n) is 7.39. The molecule has 120 valence electrons. The van der Waals surface area contributed by atoms with Gasteiger partial charge in [0.2, 0.25) is 0 Å². The number of para-hydroxylation sites is 1. The summed E-state index contributed by atoms with van der Waals surface area (Å²) in [4.78, 5) is 6.76. The quantitative estimate of drug-likeness (QED) is 0.455. The van der Waals surface area contributed by atoms with Gasteiger partial charge in [0.15, 0.2) is 5.96 Å². The van der Waals surface area contributed by atoms with Crippen molar-refractivity contribution in [2.75, 3.05) is 40.8 Å². The summed E-state index contributed by atoms with van der Waals surface area (Å²) in [7, 11) is 5.76. The van der Waals surface area contributed by atoms with Crippen LogP contribution >= 0.6 is 0 Å². The Morgan fingerprint density at radius 3 is 2.68 bits per heavy atom. The fourth-order valence-corrected chi connectivity index (χ4v) is 2.14. The number of rotatable bonds is 7. The Balaban J connectivity index is 2.94. The number of nitrogens with zero attached hydrogens (tertiary/aromatic N) is 2. The number of likely N-dealkylation sites (N-methyl/N-ethyl adjacent to an activating group) is 1. The lowest BCUT2D eigenvalue weighted by Gasteiger charge is -2.25. The number of terminal acetylenes is 1. The monoisotopic (exact) mass is 302 g/mol. The largest absolute Gasteiger partial charge is 0.496 e. The Bertz CT molecular complexity index is 520. The molecular weight excluding hydrogens is 276 g/mol. The summed E-state index contributed by atoms with van der Waals surface area (Å²) in [6, 6.07) is 8.15. The van der Waals surface area contributed by atoms with Gasteiger partial charge in [0.1, 0.15) is 5.75 Å². The van der Waals surface area contributed by atoms with Crippen LogP contribution in [0.4, 0.5) is 0 Å². The van der Waals surface area contributed by atoms with Crippen LogP contribution in [0, 0.1) is 12.3 Å². The summed E-state index contributed by atoms with van der Waals surface area (Å²) < 4.78 is 5.46. The zero-order valence-electron chi connectivity index (χ0n) is 13.9. The topological polar surface area (TPSA) is 48.9 Å². The van der Waals surface area contributed by atoms with Gasteiger partial charge in [-0.15, -0.1) is 6.42 Å². The van der Waals surface area contributed by atoms with Gasteiger partial charge >= 0.3 is 0 Å². The molecule has 1 rings (SSSR count). The van der Waals surface area contributed by atoms with Gasteiger partial charge in [-0.1, -0.05) is 24.1 Å². The van der Waals surface area contributed by atoms with Crippen LogP contribution in [0.15, 0.2) is 29.3 Å². The molecule has 5 heteroatoms. The normalized spacial score (nSPS) is 12.6. The van der Waals surface area contributed by atoms with Gasteiger partial charge < -0.3 is 20.3 Å². The first-order valence-corrected chi connectivity index (χ1v) is 7.39. The van der Waals surface area contributed by atoms with Crippen LogP contribution in [0.25, 0.3) is 0 Å². The van der Waals surface area contributed by atoms with E-state index in [0.717, 1.165) is 23.8 Å². The van der Waals surface area contributed by atoms with E-state index in [2.05, 4.69) is 32.5 Å². The molecule has 0 saturated carbocycles. The standard InChI is InChI=1S/C17H26N4O/c1-6-12-19-17(18-7-2)20-13-15(21(3)4)14-10-8-9-11-16(14)22-5/h1,8-11,15H,7,12-13H2,2-5H3,(H2,18,19,20). The van der Waals surface area contributed by atoms with Gasteiger partial charge in [-0.3, -0.25) is 4.99 Å². The van der Waals surface area contributed by atoms with E-state index in [-0.39, 0.29) is 6.04 Å². The van der Waals surface area contributed by atoms with Crippen molar-refractivity contribution in [3.05, 3.63) is 29.8 Å². The zero-order chi connectivity index (χ0) is 16.4. The SMILES string of the molecule is C#CCNC(=NCC(c1ccccc1OC)N(C)C)NCC. The molecule has 1 aromatic carbocycles. The molecule has 0 aliphatic rings. The Labute approximate surface area is 133 Å². The molecule has 0 aromatic heterocycles. The second-order valence-corrected chi connectivity index (χ2v) is 5.00. The van der Waals surface area contributed by atoms with E-state index in [0.29, 0.717) is 13.1 Å². The molecule has 2 N–H and O–H groups in total. The lowest BCUT2D eigenvalue weighted by Crippen LogP contribution is -2.38. The van der Waals surface area contributed by atoms with Crippen molar-refractivity contribution >= 4 is 5.96 Å². The average molecular weight is 302 g/mol. The molecule has 0 saturated heterocycles. The number of ether oxygens (including phenoxy) is 1. The highest BCUT2D eigenvalue weighted by molar-refractivity contribution is 5.80. The van der Waals surface area contributed by atoms with E-state index < -0.39 is 0 Å². The molecule has 0 radical (unpaired) electrons. The van der Waals surface area contributed by atoms with Crippen molar-refractivity contribution in [2.24, 2.45) is 4.99 Å². The van der Waals surface area contributed by atoms with Crippen LogP contribution < -0.4 is 15.4 Å². The molecule has 0 aliphatic carbocycles. The minimum Gasteiger partial charge on any atom is -0.496 e. The van der Waals surface area contributed by atoms with Crippen LogP contribution in [0.3, 0.4) is 0 Å². The van der Waals surface area contributed by atoms with E-state index in [1.807, 2.05) is 39.2 Å². The smallest absolute Gasteiger partial charge is 0.192 e. The summed E-state index contributed by atoms with van der Waals surface area (Å²) in [5.41, 5.74) is 1.12. The average Bonchev–Trinajstić information content (AvgIpc) is 2.52. The molecule has 0 fully saturated rings. The van der Waals surface area contributed by atoms with Gasteiger partial charge in [0.25, 0.3) is 0 Å². The zero-order valence-corrected chi connectivity index (χ0v) is 13.9. The number of hydrogen-bond acceptors (Lipinski definition) is 3. The van der Waals surface area contributed by atoms with Gasteiger partial charge in [0, 0.05) is 12.1 Å². The van der Waals surface area contributed by atoms with Crippen molar-refractivity contribution in [3.63, 3.8) is 0 Å². The third kappa shape index (κ3) is 5.30. The maximum atomic E-state index is 5.46. The van der Waals surface area contributed by atoms with Gasteiger partial charge in [-0.2, -0.15) is 0 Å². The molecule has 0 aliphatic heterocycles. The number of benzene rings is 1. The molecule has 1 aromatic rings. The molecule has 1 unspecified atom stereocenters.